The Kier molecular flexibility index (Phi) is 5.57. The Hall–Kier alpha value is -1.69. The second kappa shape index (κ2) is 7.25. The van der Waals surface area contributed by atoms with Crippen LogP contribution in [0.2, 0.25) is 0 Å². The van der Waals surface area contributed by atoms with Gasteiger partial charge in [0.1, 0.15) is 10.2 Å². The van der Waals surface area contributed by atoms with E-state index in [1.54, 1.807) is 24.5 Å². The largest absolute Gasteiger partial charge is 0.513 e. The lowest BCUT2D eigenvalue weighted by Gasteiger charge is -2.13. The molecule has 2 aromatic heterocycles. The van der Waals surface area contributed by atoms with Gasteiger partial charge in [0.05, 0.1) is 23.5 Å². The molecule has 0 bridgehead atoms. The molecule has 5 nitrogen and oxygen atoms in total. The molecule has 0 aromatic carbocycles. The van der Waals surface area contributed by atoms with Crippen LogP contribution in [0.1, 0.15) is 58.2 Å². The third-order valence-corrected chi connectivity index (χ3v) is 4.82. The molecule has 0 N–H and O–H groups in total. The Morgan fingerprint density at radius 1 is 1.30 bits per heavy atom. The summed E-state index contributed by atoms with van der Waals surface area (Å²) in [6, 6.07) is 0. The summed E-state index contributed by atoms with van der Waals surface area (Å²) in [5.41, 5.74) is 1.74. The Morgan fingerprint density at radius 2 is 2.04 bits per heavy atom. The summed E-state index contributed by atoms with van der Waals surface area (Å²) >= 11 is 1.55. The average Bonchev–Trinajstić information content (AvgIpc) is 2.92. The topological polar surface area (TPSA) is 61.3 Å². The van der Waals surface area contributed by atoms with Gasteiger partial charge in [-0.3, -0.25) is 4.98 Å². The standard InChI is InChI=1S/C17H24N2O3S/c1-6-8-9-11-13-14(23-15(19-13)17(3,4)5)12(10-18-11)22-16(20)21-7-2/h10H,6-9H2,1-5H3. The van der Waals surface area contributed by atoms with E-state index in [1.165, 1.54) is 0 Å². The van der Waals surface area contributed by atoms with Gasteiger partial charge < -0.3 is 9.47 Å². The van der Waals surface area contributed by atoms with E-state index in [1.807, 2.05) is 0 Å². The highest BCUT2D eigenvalue weighted by molar-refractivity contribution is 7.19. The Bertz CT molecular complexity index is 689. The number of hydrogen-bond donors (Lipinski definition) is 0. The first kappa shape index (κ1) is 17.7. The van der Waals surface area contributed by atoms with Crippen LogP contribution in [0.25, 0.3) is 10.2 Å². The van der Waals surface area contributed by atoms with Gasteiger partial charge in [0.15, 0.2) is 5.75 Å². The van der Waals surface area contributed by atoms with Crippen molar-refractivity contribution in [2.75, 3.05) is 6.61 Å². The fourth-order valence-corrected chi connectivity index (χ4v) is 3.19. The van der Waals surface area contributed by atoms with Crippen LogP contribution >= 0.6 is 11.3 Å². The molecule has 0 radical (unpaired) electrons. The summed E-state index contributed by atoms with van der Waals surface area (Å²) in [6.45, 7) is 10.5. The number of pyridine rings is 1. The van der Waals surface area contributed by atoms with Crippen molar-refractivity contribution in [3.05, 3.63) is 16.9 Å². The zero-order chi connectivity index (χ0) is 17.0. The lowest BCUT2D eigenvalue weighted by Crippen LogP contribution is -2.10. The van der Waals surface area contributed by atoms with Gasteiger partial charge in [0.25, 0.3) is 0 Å². The number of ether oxygens (including phenoxy) is 2. The number of rotatable bonds is 5. The van der Waals surface area contributed by atoms with Crippen LogP contribution in [0, 0.1) is 0 Å². The second-order valence-corrected chi connectivity index (χ2v) is 7.40. The summed E-state index contributed by atoms with van der Waals surface area (Å²) in [6.07, 6.45) is 3.93. The molecule has 0 aliphatic carbocycles. The van der Waals surface area contributed by atoms with Crippen LogP contribution < -0.4 is 4.74 Å². The van der Waals surface area contributed by atoms with Gasteiger partial charge in [-0.2, -0.15) is 0 Å². The van der Waals surface area contributed by atoms with Crippen molar-refractivity contribution in [3.8, 4) is 5.75 Å². The van der Waals surface area contributed by atoms with Crippen molar-refractivity contribution in [1.82, 2.24) is 9.97 Å². The molecule has 0 saturated heterocycles. The van der Waals surface area contributed by atoms with Gasteiger partial charge in [0.2, 0.25) is 0 Å². The maximum absolute atomic E-state index is 11.6. The summed E-state index contributed by atoms with van der Waals surface area (Å²) in [7, 11) is 0. The number of carbonyl (C=O) groups is 1. The molecule has 0 unspecified atom stereocenters. The van der Waals surface area contributed by atoms with Gasteiger partial charge in [-0.25, -0.2) is 9.78 Å². The molecule has 0 saturated carbocycles. The third-order valence-electron chi connectivity index (χ3n) is 3.33. The van der Waals surface area contributed by atoms with E-state index in [0.717, 1.165) is 40.2 Å². The van der Waals surface area contributed by atoms with Crippen molar-refractivity contribution >= 4 is 27.7 Å². The second-order valence-electron chi connectivity index (χ2n) is 6.40. The smallest absolute Gasteiger partial charge is 0.434 e. The fraction of sp³-hybridized carbons (Fsp3) is 0.588. The molecule has 0 amide bonds. The first-order valence-corrected chi connectivity index (χ1v) is 8.82. The van der Waals surface area contributed by atoms with Crippen LogP contribution in [0.4, 0.5) is 4.79 Å². The van der Waals surface area contributed by atoms with Crippen molar-refractivity contribution < 1.29 is 14.3 Å². The molecule has 2 aromatic rings. The Labute approximate surface area is 141 Å². The minimum Gasteiger partial charge on any atom is -0.434 e. The highest BCUT2D eigenvalue weighted by Crippen LogP contribution is 2.37. The Morgan fingerprint density at radius 3 is 2.65 bits per heavy atom. The molecule has 0 fully saturated rings. The highest BCUT2D eigenvalue weighted by Gasteiger charge is 2.23. The quantitative estimate of drug-likeness (QED) is 0.729. The normalized spacial score (nSPS) is 11.7. The van der Waals surface area contributed by atoms with E-state index in [2.05, 4.69) is 32.7 Å². The van der Waals surface area contributed by atoms with Crippen molar-refractivity contribution in [3.63, 3.8) is 0 Å². The van der Waals surface area contributed by atoms with Crippen LogP contribution in [0.5, 0.6) is 5.75 Å². The molecule has 0 spiro atoms. The van der Waals surface area contributed by atoms with Crippen molar-refractivity contribution in [2.45, 2.75) is 59.3 Å². The van der Waals surface area contributed by atoms with Gasteiger partial charge >= 0.3 is 6.16 Å². The predicted molar refractivity (Wildman–Crippen MR) is 92.4 cm³/mol. The van der Waals surface area contributed by atoms with E-state index in [-0.39, 0.29) is 12.0 Å². The zero-order valence-corrected chi connectivity index (χ0v) is 15.2. The number of carbonyl (C=O) groups excluding carboxylic acids is 1. The van der Waals surface area contributed by atoms with Gasteiger partial charge in [0, 0.05) is 5.41 Å². The SMILES string of the molecule is CCCCc1ncc(OC(=O)OCC)c2sc(C(C)(C)C)nc12. The molecule has 0 aliphatic heterocycles. The van der Waals surface area contributed by atoms with Gasteiger partial charge in [-0.05, 0) is 19.8 Å². The summed E-state index contributed by atoms with van der Waals surface area (Å²) < 4.78 is 11.0. The number of thiazole rings is 1. The van der Waals surface area contributed by atoms with E-state index >= 15 is 0 Å². The third kappa shape index (κ3) is 4.19. The molecule has 0 atom stereocenters. The van der Waals surface area contributed by atoms with Gasteiger partial charge in [-0.15, -0.1) is 11.3 Å². The maximum Gasteiger partial charge on any atom is 0.513 e. The molecule has 23 heavy (non-hydrogen) atoms. The number of hydrogen-bond acceptors (Lipinski definition) is 6. The van der Waals surface area contributed by atoms with Crippen molar-refractivity contribution in [1.29, 1.82) is 0 Å². The first-order valence-electron chi connectivity index (χ1n) is 8.00. The van der Waals surface area contributed by atoms with Crippen molar-refractivity contribution in [2.24, 2.45) is 0 Å². The van der Waals surface area contributed by atoms with Gasteiger partial charge in [-0.1, -0.05) is 34.1 Å². The molecule has 126 valence electrons. The lowest BCUT2D eigenvalue weighted by molar-refractivity contribution is 0.105. The zero-order valence-electron chi connectivity index (χ0n) is 14.4. The minimum absolute atomic E-state index is 0.0626. The summed E-state index contributed by atoms with van der Waals surface area (Å²) in [5, 5.41) is 1.01. The molecule has 2 rings (SSSR count). The molecule has 0 aliphatic rings. The number of unbranched alkanes of at least 4 members (excludes halogenated alkanes) is 1. The number of fused-ring (bicyclic) bond motifs is 1. The number of aromatic nitrogens is 2. The predicted octanol–water partition coefficient (Wildman–Crippen LogP) is 4.87. The van der Waals surface area contributed by atoms with Crippen LogP contribution in [0.15, 0.2) is 6.20 Å². The Balaban J connectivity index is 2.48. The molecular formula is C17H24N2O3S. The summed E-state index contributed by atoms with van der Waals surface area (Å²) in [5.74, 6) is 0.423. The molecule has 6 heteroatoms. The van der Waals surface area contributed by atoms with Crippen LogP contribution in [0.3, 0.4) is 0 Å². The van der Waals surface area contributed by atoms with E-state index in [0.29, 0.717) is 5.75 Å². The van der Waals surface area contributed by atoms with E-state index in [4.69, 9.17) is 14.5 Å². The number of nitrogens with zero attached hydrogens (tertiary/aromatic N) is 2. The van der Waals surface area contributed by atoms with Crippen LogP contribution in [-0.4, -0.2) is 22.7 Å². The average molecular weight is 336 g/mol. The molecular weight excluding hydrogens is 312 g/mol. The maximum atomic E-state index is 11.6. The first-order chi connectivity index (χ1) is 10.9. The number of aryl methyl sites for hydroxylation is 1. The highest BCUT2D eigenvalue weighted by atomic mass is 32.1. The monoisotopic (exact) mass is 336 g/mol. The fourth-order valence-electron chi connectivity index (χ4n) is 2.10. The summed E-state index contributed by atoms with van der Waals surface area (Å²) in [4.78, 5) is 20.9. The van der Waals surface area contributed by atoms with E-state index in [9.17, 15) is 4.79 Å². The molecule has 2 heterocycles. The van der Waals surface area contributed by atoms with Crippen LogP contribution in [-0.2, 0) is 16.6 Å². The lowest BCUT2D eigenvalue weighted by atomic mass is 9.98. The minimum atomic E-state index is -0.706. The van der Waals surface area contributed by atoms with E-state index < -0.39 is 6.16 Å².